The Hall–Kier alpha value is -3.84. The average Bonchev–Trinajstić information content (AvgIpc) is 3.41. The van der Waals surface area contributed by atoms with Gasteiger partial charge in [0.2, 0.25) is 0 Å². The predicted molar refractivity (Wildman–Crippen MR) is 116 cm³/mol. The van der Waals surface area contributed by atoms with Gasteiger partial charge in [0.25, 0.3) is 11.8 Å². The molecule has 0 spiro atoms. The van der Waals surface area contributed by atoms with Gasteiger partial charge in [-0.2, -0.15) is 0 Å². The SMILES string of the molecule is O=C1N=NC(=O)c2c(N=Nc3cc4nc(C5=NC(C(=O)O)CS5)sc4cc3O)cccc21. The molecule has 2 aliphatic heterocycles. The summed E-state index contributed by atoms with van der Waals surface area (Å²) in [6.45, 7) is 0. The van der Waals surface area contributed by atoms with Gasteiger partial charge in [-0.1, -0.05) is 6.07 Å². The Balaban J connectivity index is 1.49. The third kappa shape index (κ3) is 3.46. The number of benzene rings is 2. The summed E-state index contributed by atoms with van der Waals surface area (Å²) in [6, 6.07) is 6.68. The Kier molecular flexibility index (Phi) is 4.83. The molecule has 2 aliphatic rings. The molecule has 0 saturated carbocycles. The fourth-order valence-corrected chi connectivity index (χ4v) is 5.15. The monoisotopic (exact) mass is 466 g/mol. The lowest BCUT2D eigenvalue weighted by molar-refractivity contribution is -0.137. The number of hydrogen-bond donors (Lipinski definition) is 2. The molecule has 1 atom stereocenters. The van der Waals surface area contributed by atoms with Gasteiger partial charge in [0.1, 0.15) is 21.5 Å². The largest absolute Gasteiger partial charge is 0.506 e. The second kappa shape index (κ2) is 7.69. The maximum absolute atomic E-state index is 12.1. The van der Waals surface area contributed by atoms with Crippen molar-refractivity contribution in [2.45, 2.75) is 6.04 Å². The highest BCUT2D eigenvalue weighted by Crippen LogP contribution is 2.37. The van der Waals surface area contributed by atoms with Crippen molar-refractivity contribution in [3.63, 3.8) is 0 Å². The van der Waals surface area contributed by atoms with Gasteiger partial charge in [-0.3, -0.25) is 14.6 Å². The lowest BCUT2D eigenvalue weighted by Crippen LogP contribution is -2.17. The molecule has 2 N–H and O–H groups in total. The van der Waals surface area contributed by atoms with E-state index in [1.165, 1.54) is 47.4 Å². The fraction of sp³-hybridized carbons (Fsp3) is 0.105. The average molecular weight is 466 g/mol. The van der Waals surface area contributed by atoms with E-state index >= 15 is 0 Å². The van der Waals surface area contributed by atoms with Gasteiger partial charge in [-0.05, 0) is 18.2 Å². The number of phenolic OH excluding ortho intramolecular Hbond substituents is 1. The number of phenols is 1. The third-order valence-electron chi connectivity index (χ3n) is 4.59. The van der Waals surface area contributed by atoms with Crippen LogP contribution in [0.4, 0.5) is 11.4 Å². The minimum Gasteiger partial charge on any atom is -0.506 e. The molecule has 3 aromatic rings. The van der Waals surface area contributed by atoms with Crippen LogP contribution < -0.4 is 0 Å². The highest BCUT2D eigenvalue weighted by Gasteiger charge is 2.27. The first-order valence-electron chi connectivity index (χ1n) is 9.03. The molecule has 2 aromatic carbocycles. The summed E-state index contributed by atoms with van der Waals surface area (Å²) in [4.78, 5) is 43.7. The standard InChI is InChI=1S/C19H10N6O5S2/c26-12-5-13-10(20-18(32-13)17-21-11(6-31-17)19(29)30)4-9(12)23-22-8-3-1-2-7-14(8)16(28)25-24-15(7)27/h1-5,11,26H,6H2,(H,29,30). The molecule has 0 saturated heterocycles. The topological polar surface area (TPSA) is 166 Å². The highest BCUT2D eigenvalue weighted by molar-refractivity contribution is 8.15. The van der Waals surface area contributed by atoms with E-state index in [-0.39, 0.29) is 28.3 Å². The van der Waals surface area contributed by atoms with Crippen LogP contribution in [0.5, 0.6) is 5.75 Å². The summed E-state index contributed by atoms with van der Waals surface area (Å²) < 4.78 is 0.664. The summed E-state index contributed by atoms with van der Waals surface area (Å²) in [7, 11) is 0. The second-order valence-electron chi connectivity index (χ2n) is 6.64. The lowest BCUT2D eigenvalue weighted by atomic mass is 10.0. The van der Waals surface area contributed by atoms with Crippen molar-refractivity contribution < 1.29 is 24.6 Å². The zero-order valence-electron chi connectivity index (χ0n) is 15.8. The molecule has 158 valence electrons. The second-order valence-corrected chi connectivity index (χ2v) is 8.68. The molecular weight excluding hydrogens is 456 g/mol. The van der Waals surface area contributed by atoms with E-state index in [2.05, 4.69) is 30.4 Å². The van der Waals surface area contributed by atoms with Crippen LogP contribution in [0.25, 0.3) is 10.2 Å². The predicted octanol–water partition coefficient (Wildman–Crippen LogP) is 4.11. The van der Waals surface area contributed by atoms with E-state index in [0.717, 1.165) is 0 Å². The molecule has 3 heterocycles. The third-order valence-corrected chi connectivity index (χ3v) is 6.80. The van der Waals surface area contributed by atoms with Crippen LogP contribution >= 0.6 is 23.1 Å². The van der Waals surface area contributed by atoms with Crippen LogP contribution in [0.2, 0.25) is 0 Å². The minimum absolute atomic E-state index is 0.00276. The summed E-state index contributed by atoms with van der Waals surface area (Å²) in [5.41, 5.74) is 0.827. The fourth-order valence-electron chi connectivity index (χ4n) is 3.07. The Bertz CT molecular complexity index is 1430. The first-order chi connectivity index (χ1) is 15.4. The molecule has 2 amide bonds. The van der Waals surface area contributed by atoms with Gasteiger partial charge >= 0.3 is 5.97 Å². The van der Waals surface area contributed by atoms with Gasteiger partial charge in [0.05, 0.1) is 27.0 Å². The Morgan fingerprint density at radius 2 is 1.88 bits per heavy atom. The number of carbonyl (C=O) groups excluding carboxylic acids is 2. The van der Waals surface area contributed by atoms with Crippen LogP contribution in [0, 0.1) is 0 Å². The van der Waals surface area contributed by atoms with Crippen LogP contribution in [-0.4, -0.2) is 49.8 Å². The first-order valence-corrected chi connectivity index (χ1v) is 10.8. The number of thioether (sulfide) groups is 1. The summed E-state index contributed by atoms with van der Waals surface area (Å²) in [5, 5.41) is 35.2. The maximum Gasteiger partial charge on any atom is 0.329 e. The normalized spacial score (nSPS) is 17.9. The quantitative estimate of drug-likeness (QED) is 0.546. The Morgan fingerprint density at radius 1 is 1.09 bits per heavy atom. The van der Waals surface area contributed by atoms with E-state index < -0.39 is 23.8 Å². The molecule has 0 bridgehead atoms. The van der Waals surface area contributed by atoms with E-state index in [1.807, 2.05) is 0 Å². The highest BCUT2D eigenvalue weighted by atomic mass is 32.2. The van der Waals surface area contributed by atoms with Crippen molar-refractivity contribution in [3.05, 3.63) is 46.5 Å². The molecule has 5 rings (SSSR count). The first kappa shape index (κ1) is 20.1. The minimum atomic E-state index is -0.987. The Labute approximate surface area is 186 Å². The van der Waals surface area contributed by atoms with Crippen molar-refractivity contribution in [3.8, 4) is 5.75 Å². The summed E-state index contributed by atoms with van der Waals surface area (Å²) in [5.74, 6) is -2.15. The van der Waals surface area contributed by atoms with E-state index in [4.69, 9.17) is 5.11 Å². The molecule has 1 aromatic heterocycles. The molecule has 0 aliphatic carbocycles. The zero-order valence-corrected chi connectivity index (χ0v) is 17.4. The number of carboxylic acids is 1. The van der Waals surface area contributed by atoms with Gasteiger partial charge < -0.3 is 10.2 Å². The number of aromatic hydroxyl groups is 1. The molecule has 11 nitrogen and oxygen atoms in total. The van der Waals surface area contributed by atoms with E-state index in [1.54, 1.807) is 6.07 Å². The van der Waals surface area contributed by atoms with Gasteiger partial charge in [-0.15, -0.1) is 43.6 Å². The number of aliphatic imine (C=N–C) groups is 1. The number of carbonyl (C=O) groups is 3. The van der Waals surface area contributed by atoms with Crippen molar-refractivity contribution >= 4 is 67.5 Å². The summed E-state index contributed by atoms with van der Waals surface area (Å²) >= 11 is 2.58. The van der Waals surface area contributed by atoms with Crippen LogP contribution in [-0.2, 0) is 4.79 Å². The van der Waals surface area contributed by atoms with Crippen LogP contribution in [0.1, 0.15) is 25.7 Å². The van der Waals surface area contributed by atoms with E-state index in [9.17, 15) is 19.5 Å². The number of aromatic nitrogens is 1. The number of thiazole rings is 1. The number of nitrogens with zero attached hydrogens (tertiary/aromatic N) is 6. The maximum atomic E-state index is 12.1. The smallest absolute Gasteiger partial charge is 0.329 e. The Morgan fingerprint density at radius 3 is 2.66 bits per heavy atom. The van der Waals surface area contributed by atoms with Crippen molar-refractivity contribution in [2.24, 2.45) is 25.4 Å². The molecular formula is C19H10N6O5S2. The molecule has 13 heteroatoms. The van der Waals surface area contributed by atoms with Gasteiger partial charge in [0.15, 0.2) is 6.04 Å². The molecule has 32 heavy (non-hydrogen) atoms. The van der Waals surface area contributed by atoms with Gasteiger partial charge in [-0.25, -0.2) is 9.78 Å². The number of carboxylic acid groups (broad SMARTS) is 1. The number of fused-ring (bicyclic) bond motifs is 2. The van der Waals surface area contributed by atoms with E-state index in [0.29, 0.717) is 26.0 Å². The molecule has 1 unspecified atom stereocenters. The molecule has 0 fully saturated rings. The lowest BCUT2D eigenvalue weighted by Gasteiger charge is -2.08. The summed E-state index contributed by atoms with van der Waals surface area (Å²) in [6.07, 6.45) is 0. The van der Waals surface area contributed by atoms with Crippen LogP contribution in [0.3, 0.4) is 0 Å². The van der Waals surface area contributed by atoms with Crippen molar-refractivity contribution in [1.29, 1.82) is 0 Å². The van der Waals surface area contributed by atoms with Crippen LogP contribution in [0.15, 0.2) is 55.8 Å². The number of rotatable bonds is 4. The van der Waals surface area contributed by atoms with Gasteiger partial charge in [0, 0.05) is 11.8 Å². The number of amides is 2. The number of hydrogen-bond acceptors (Lipinski definition) is 10. The number of azo groups is 2. The van der Waals surface area contributed by atoms with Crippen molar-refractivity contribution in [2.75, 3.05) is 5.75 Å². The number of aliphatic carboxylic acids is 1. The molecule has 0 radical (unpaired) electrons. The van der Waals surface area contributed by atoms with Crippen molar-refractivity contribution in [1.82, 2.24) is 4.98 Å². The zero-order chi connectivity index (χ0) is 22.4.